The van der Waals surface area contributed by atoms with E-state index in [2.05, 4.69) is 27.8 Å². The number of ether oxygens (including phenoxy) is 1. The lowest BCUT2D eigenvalue weighted by molar-refractivity contribution is 0.414. The Kier molecular flexibility index (Phi) is 5.59. The maximum Gasteiger partial charge on any atom is 0.176 e. The molecule has 0 unspecified atom stereocenters. The second-order valence-electron chi connectivity index (χ2n) is 5.48. The molecule has 3 aromatic rings. The zero-order chi connectivity index (χ0) is 17.5. The molecule has 0 saturated carbocycles. The Bertz CT molecular complexity index is 835. The van der Waals surface area contributed by atoms with Crippen LogP contribution in [0.1, 0.15) is 11.1 Å². The molecule has 126 valence electrons. The lowest BCUT2D eigenvalue weighted by Crippen LogP contribution is -2.20. The minimum Gasteiger partial charge on any atom is -0.497 e. The molecule has 1 heterocycles. The summed E-state index contributed by atoms with van der Waals surface area (Å²) < 4.78 is 5.20. The number of nitrogens with zero attached hydrogens (tertiary/aromatic N) is 1. The topological polar surface area (TPSA) is 46.2 Å². The van der Waals surface area contributed by atoms with Crippen molar-refractivity contribution in [3.63, 3.8) is 0 Å². The first-order valence-corrected chi connectivity index (χ1v) is 8.35. The van der Waals surface area contributed by atoms with Crippen LogP contribution in [0.5, 0.6) is 5.75 Å². The van der Waals surface area contributed by atoms with Gasteiger partial charge in [-0.2, -0.15) is 0 Å². The van der Waals surface area contributed by atoms with Gasteiger partial charge in [0.15, 0.2) is 5.11 Å². The number of aromatic nitrogens is 1. The number of hydrogen-bond donors (Lipinski definition) is 2. The molecule has 0 aliphatic heterocycles. The Labute approximate surface area is 152 Å². The lowest BCUT2D eigenvalue weighted by Gasteiger charge is -2.13. The number of para-hydroxylation sites is 1. The maximum absolute atomic E-state index is 5.40. The number of rotatable bonds is 5. The van der Waals surface area contributed by atoms with Gasteiger partial charge in [-0.1, -0.05) is 36.4 Å². The predicted molar refractivity (Wildman–Crippen MR) is 106 cm³/mol. The fraction of sp³-hybridized carbons (Fsp3) is 0.100. The van der Waals surface area contributed by atoms with E-state index in [0.717, 1.165) is 29.2 Å². The van der Waals surface area contributed by atoms with Crippen LogP contribution in [0.15, 0.2) is 72.9 Å². The second-order valence-corrected chi connectivity index (χ2v) is 5.89. The molecule has 1 aromatic heterocycles. The first-order chi connectivity index (χ1) is 12.2. The van der Waals surface area contributed by atoms with Crippen LogP contribution in [-0.4, -0.2) is 17.2 Å². The zero-order valence-corrected chi connectivity index (χ0v) is 14.7. The number of thiocarbonyl (C=S) groups is 1. The van der Waals surface area contributed by atoms with E-state index in [1.807, 2.05) is 54.6 Å². The van der Waals surface area contributed by atoms with Gasteiger partial charge in [-0.3, -0.25) is 0 Å². The van der Waals surface area contributed by atoms with Crippen molar-refractivity contribution in [3.8, 4) is 5.75 Å². The molecular weight excluding hydrogens is 330 g/mol. The molecular formula is C20H19N3OS. The Balaban J connectivity index is 1.70. The van der Waals surface area contributed by atoms with Crippen LogP contribution in [0.3, 0.4) is 0 Å². The van der Waals surface area contributed by atoms with Crippen LogP contribution < -0.4 is 15.4 Å². The van der Waals surface area contributed by atoms with Gasteiger partial charge in [0, 0.05) is 18.3 Å². The Hall–Kier alpha value is -2.92. The van der Waals surface area contributed by atoms with E-state index in [4.69, 9.17) is 17.0 Å². The van der Waals surface area contributed by atoms with Crippen molar-refractivity contribution in [2.45, 2.75) is 6.42 Å². The highest BCUT2D eigenvalue weighted by atomic mass is 32.1. The largest absolute Gasteiger partial charge is 0.497 e. The molecule has 0 aliphatic rings. The van der Waals surface area contributed by atoms with Crippen molar-refractivity contribution in [3.05, 3.63) is 84.1 Å². The van der Waals surface area contributed by atoms with Gasteiger partial charge in [-0.05, 0) is 53.7 Å². The summed E-state index contributed by atoms with van der Waals surface area (Å²) in [7, 11) is 1.67. The van der Waals surface area contributed by atoms with Gasteiger partial charge >= 0.3 is 0 Å². The Morgan fingerprint density at radius 3 is 2.44 bits per heavy atom. The number of pyridine rings is 1. The maximum atomic E-state index is 5.40. The normalized spacial score (nSPS) is 10.1. The number of methoxy groups -OCH3 is 1. The molecule has 2 N–H and O–H groups in total. The van der Waals surface area contributed by atoms with Crippen LogP contribution >= 0.6 is 12.2 Å². The van der Waals surface area contributed by atoms with Crippen molar-refractivity contribution in [1.82, 2.24) is 4.98 Å². The molecule has 5 heteroatoms. The number of hydrogen-bond acceptors (Lipinski definition) is 3. The third-order valence-corrected chi connectivity index (χ3v) is 3.91. The number of nitrogens with one attached hydrogen (secondary N) is 2. The first-order valence-electron chi connectivity index (χ1n) is 7.94. The summed E-state index contributed by atoms with van der Waals surface area (Å²) >= 11 is 5.40. The fourth-order valence-electron chi connectivity index (χ4n) is 2.45. The van der Waals surface area contributed by atoms with E-state index in [1.54, 1.807) is 13.3 Å². The lowest BCUT2D eigenvalue weighted by atomic mass is 10.1. The van der Waals surface area contributed by atoms with Crippen LogP contribution in [0.4, 0.5) is 11.5 Å². The highest BCUT2D eigenvalue weighted by molar-refractivity contribution is 7.80. The van der Waals surface area contributed by atoms with Gasteiger partial charge in [0.25, 0.3) is 0 Å². The molecule has 0 fully saturated rings. The molecule has 0 aliphatic carbocycles. The minimum atomic E-state index is 0.515. The summed E-state index contributed by atoms with van der Waals surface area (Å²) in [5.41, 5.74) is 3.19. The molecule has 0 saturated heterocycles. The summed E-state index contributed by atoms with van der Waals surface area (Å²) in [6.45, 7) is 0. The summed E-state index contributed by atoms with van der Waals surface area (Å²) in [5.74, 6) is 1.60. The molecule has 4 nitrogen and oxygen atoms in total. The summed E-state index contributed by atoms with van der Waals surface area (Å²) in [6, 6.07) is 21.8. The van der Waals surface area contributed by atoms with E-state index in [-0.39, 0.29) is 0 Å². The molecule has 25 heavy (non-hydrogen) atoms. The summed E-state index contributed by atoms with van der Waals surface area (Å²) in [4.78, 5) is 4.43. The molecule has 0 atom stereocenters. The first kappa shape index (κ1) is 16.9. The van der Waals surface area contributed by atoms with E-state index in [1.165, 1.54) is 5.56 Å². The standard InChI is InChI=1S/C20H19N3OS/c1-24-18-11-9-15(10-12-18)14-16-6-5-13-21-19(16)23-20(25)22-17-7-3-2-4-8-17/h2-13H,14H2,1H3,(H2,21,22,23,25). The number of benzene rings is 2. The van der Waals surface area contributed by atoms with Gasteiger partial charge in [-0.15, -0.1) is 0 Å². The molecule has 0 spiro atoms. The Morgan fingerprint density at radius 2 is 1.72 bits per heavy atom. The third-order valence-electron chi connectivity index (χ3n) is 3.71. The van der Waals surface area contributed by atoms with Crippen molar-refractivity contribution in [1.29, 1.82) is 0 Å². The average Bonchev–Trinajstić information content (AvgIpc) is 2.65. The van der Waals surface area contributed by atoms with Crippen molar-refractivity contribution in [2.75, 3.05) is 17.7 Å². The van der Waals surface area contributed by atoms with Crippen molar-refractivity contribution < 1.29 is 4.74 Å². The van der Waals surface area contributed by atoms with E-state index < -0.39 is 0 Å². The predicted octanol–water partition coefficient (Wildman–Crippen LogP) is 4.49. The monoisotopic (exact) mass is 349 g/mol. The highest BCUT2D eigenvalue weighted by Crippen LogP contribution is 2.19. The van der Waals surface area contributed by atoms with Gasteiger partial charge in [-0.25, -0.2) is 4.98 Å². The SMILES string of the molecule is COc1ccc(Cc2cccnc2NC(=S)Nc2ccccc2)cc1. The van der Waals surface area contributed by atoms with E-state index in [9.17, 15) is 0 Å². The van der Waals surface area contributed by atoms with E-state index >= 15 is 0 Å². The molecule has 0 radical (unpaired) electrons. The zero-order valence-electron chi connectivity index (χ0n) is 13.9. The van der Waals surface area contributed by atoms with E-state index in [0.29, 0.717) is 5.11 Å². The van der Waals surface area contributed by atoms with Crippen LogP contribution in [0.2, 0.25) is 0 Å². The number of anilines is 2. The van der Waals surface area contributed by atoms with Crippen LogP contribution in [-0.2, 0) is 6.42 Å². The average molecular weight is 349 g/mol. The quantitative estimate of drug-likeness (QED) is 0.665. The van der Waals surface area contributed by atoms with Gasteiger partial charge < -0.3 is 15.4 Å². The summed E-state index contributed by atoms with van der Waals surface area (Å²) in [5, 5.41) is 6.86. The van der Waals surface area contributed by atoms with Gasteiger partial charge in [0.1, 0.15) is 11.6 Å². The third kappa shape index (κ3) is 4.78. The van der Waals surface area contributed by atoms with Crippen LogP contribution in [0, 0.1) is 0 Å². The van der Waals surface area contributed by atoms with Crippen molar-refractivity contribution >= 4 is 28.8 Å². The van der Waals surface area contributed by atoms with Crippen molar-refractivity contribution in [2.24, 2.45) is 0 Å². The smallest absolute Gasteiger partial charge is 0.176 e. The molecule has 0 amide bonds. The summed E-state index contributed by atoms with van der Waals surface area (Å²) in [6.07, 6.45) is 2.51. The van der Waals surface area contributed by atoms with Gasteiger partial charge in [0.2, 0.25) is 0 Å². The highest BCUT2D eigenvalue weighted by Gasteiger charge is 2.07. The Morgan fingerprint density at radius 1 is 0.960 bits per heavy atom. The van der Waals surface area contributed by atoms with Gasteiger partial charge in [0.05, 0.1) is 7.11 Å². The molecule has 0 bridgehead atoms. The fourth-order valence-corrected chi connectivity index (χ4v) is 2.66. The molecule has 2 aromatic carbocycles. The van der Waals surface area contributed by atoms with Crippen LogP contribution in [0.25, 0.3) is 0 Å². The molecule has 3 rings (SSSR count). The minimum absolute atomic E-state index is 0.515. The second kappa shape index (κ2) is 8.26.